The van der Waals surface area contributed by atoms with Gasteiger partial charge in [-0.1, -0.05) is 18.2 Å². The highest BCUT2D eigenvalue weighted by Crippen LogP contribution is 2.32. The Morgan fingerprint density at radius 2 is 1.81 bits per heavy atom. The molecule has 3 rings (SSSR count). The molecule has 0 bridgehead atoms. The molecule has 0 saturated carbocycles. The number of hydrogen-bond donors (Lipinski definition) is 1. The van der Waals surface area contributed by atoms with E-state index in [9.17, 15) is 0 Å². The number of benzene rings is 1. The van der Waals surface area contributed by atoms with Gasteiger partial charge in [0, 0.05) is 29.5 Å². The van der Waals surface area contributed by atoms with Gasteiger partial charge in [-0.15, -0.1) is 0 Å². The maximum absolute atomic E-state index is 5.44. The number of rotatable bonds is 4. The Kier molecular flexibility index (Phi) is 3.79. The first-order valence-electron chi connectivity index (χ1n) is 6.83. The summed E-state index contributed by atoms with van der Waals surface area (Å²) in [4.78, 5) is 8.38. The van der Waals surface area contributed by atoms with Crippen LogP contribution in [-0.2, 0) is 0 Å². The van der Waals surface area contributed by atoms with Crippen molar-refractivity contribution in [3.63, 3.8) is 0 Å². The molecule has 2 aromatic heterocycles. The molecule has 21 heavy (non-hydrogen) atoms. The summed E-state index contributed by atoms with van der Waals surface area (Å²) < 4.78 is 5.44. The van der Waals surface area contributed by atoms with E-state index in [1.807, 2.05) is 31.6 Å². The Morgan fingerprint density at radius 3 is 2.62 bits per heavy atom. The van der Waals surface area contributed by atoms with E-state index in [2.05, 4.69) is 33.5 Å². The van der Waals surface area contributed by atoms with E-state index in [0.717, 1.165) is 16.7 Å². The van der Waals surface area contributed by atoms with Crippen LogP contribution in [0.5, 0.6) is 5.75 Å². The molecular weight excluding hydrogens is 262 g/mol. The Hall–Kier alpha value is -2.46. The molecule has 1 atom stereocenters. The second-order valence-corrected chi connectivity index (χ2v) is 4.78. The maximum atomic E-state index is 5.44. The summed E-state index contributed by atoms with van der Waals surface area (Å²) in [5.74, 6) is 0.776. The zero-order chi connectivity index (χ0) is 14.7. The summed E-state index contributed by atoms with van der Waals surface area (Å²) in [7, 11) is 3.61. The second kappa shape index (κ2) is 5.89. The van der Waals surface area contributed by atoms with E-state index in [1.54, 1.807) is 19.5 Å². The maximum Gasteiger partial charge on any atom is 0.142 e. The van der Waals surface area contributed by atoms with E-state index >= 15 is 0 Å². The number of aromatic nitrogens is 2. The molecule has 1 unspecified atom stereocenters. The number of nitrogens with one attached hydrogen (secondary N) is 1. The van der Waals surface area contributed by atoms with E-state index < -0.39 is 0 Å². The normalized spacial score (nSPS) is 12.3. The van der Waals surface area contributed by atoms with Crippen molar-refractivity contribution < 1.29 is 4.74 Å². The molecule has 4 nitrogen and oxygen atoms in total. The number of pyridine rings is 2. The molecular formula is C17H17N3O. The third-order valence-corrected chi connectivity index (χ3v) is 3.66. The Bertz CT molecular complexity index is 752. The first-order chi connectivity index (χ1) is 10.3. The van der Waals surface area contributed by atoms with E-state index in [4.69, 9.17) is 4.74 Å². The number of ether oxygens (including phenoxy) is 1. The fourth-order valence-corrected chi connectivity index (χ4v) is 2.67. The van der Waals surface area contributed by atoms with Crippen LogP contribution < -0.4 is 10.1 Å². The molecule has 0 aliphatic carbocycles. The van der Waals surface area contributed by atoms with Gasteiger partial charge in [0.15, 0.2) is 0 Å². The average molecular weight is 279 g/mol. The summed E-state index contributed by atoms with van der Waals surface area (Å²) in [5.41, 5.74) is 2.24. The smallest absolute Gasteiger partial charge is 0.142 e. The summed E-state index contributed by atoms with van der Waals surface area (Å²) >= 11 is 0. The van der Waals surface area contributed by atoms with Crippen LogP contribution >= 0.6 is 0 Å². The highest BCUT2D eigenvalue weighted by Gasteiger charge is 2.18. The quantitative estimate of drug-likeness (QED) is 0.797. The molecule has 0 spiro atoms. The fourth-order valence-electron chi connectivity index (χ4n) is 2.67. The lowest BCUT2D eigenvalue weighted by atomic mass is 9.95. The van der Waals surface area contributed by atoms with Gasteiger partial charge in [-0.3, -0.25) is 9.97 Å². The molecule has 0 amide bonds. The van der Waals surface area contributed by atoms with Gasteiger partial charge in [-0.25, -0.2) is 0 Å². The van der Waals surface area contributed by atoms with Crippen LogP contribution in [-0.4, -0.2) is 24.1 Å². The van der Waals surface area contributed by atoms with E-state index in [0.29, 0.717) is 0 Å². The third kappa shape index (κ3) is 2.45. The van der Waals surface area contributed by atoms with E-state index in [-0.39, 0.29) is 6.04 Å². The number of fused-ring (bicyclic) bond motifs is 1. The van der Waals surface area contributed by atoms with Gasteiger partial charge in [-0.2, -0.15) is 0 Å². The summed E-state index contributed by atoms with van der Waals surface area (Å²) in [6.07, 6.45) is 7.24. The predicted octanol–water partition coefficient (Wildman–Crippen LogP) is 2.95. The minimum absolute atomic E-state index is 0.0239. The minimum Gasteiger partial charge on any atom is -0.495 e. The first-order valence-corrected chi connectivity index (χ1v) is 6.83. The van der Waals surface area contributed by atoms with Crippen LogP contribution in [0.3, 0.4) is 0 Å². The third-order valence-electron chi connectivity index (χ3n) is 3.66. The number of nitrogens with zero attached hydrogens (tertiary/aromatic N) is 2. The molecule has 0 aliphatic heterocycles. The minimum atomic E-state index is 0.0239. The van der Waals surface area contributed by atoms with Crippen molar-refractivity contribution in [2.75, 3.05) is 14.2 Å². The Balaban J connectivity index is 2.19. The molecule has 1 aromatic carbocycles. The highest BCUT2D eigenvalue weighted by atomic mass is 16.5. The molecule has 106 valence electrons. The van der Waals surface area contributed by atoms with Gasteiger partial charge in [-0.05, 0) is 30.1 Å². The van der Waals surface area contributed by atoms with Gasteiger partial charge in [0.05, 0.1) is 19.3 Å². The zero-order valence-corrected chi connectivity index (χ0v) is 12.1. The van der Waals surface area contributed by atoms with Gasteiger partial charge in [0.1, 0.15) is 5.75 Å². The van der Waals surface area contributed by atoms with Crippen molar-refractivity contribution in [2.45, 2.75) is 6.04 Å². The van der Waals surface area contributed by atoms with Crippen LogP contribution in [0, 0.1) is 0 Å². The van der Waals surface area contributed by atoms with Crippen molar-refractivity contribution in [1.29, 1.82) is 0 Å². The molecule has 0 radical (unpaired) electrons. The fraction of sp³-hybridized carbons (Fsp3) is 0.176. The number of hydrogen-bond acceptors (Lipinski definition) is 4. The van der Waals surface area contributed by atoms with Crippen molar-refractivity contribution in [3.8, 4) is 5.75 Å². The topological polar surface area (TPSA) is 47.0 Å². The summed E-state index contributed by atoms with van der Waals surface area (Å²) in [6, 6.07) is 10.3. The molecule has 0 aliphatic rings. The molecule has 3 aromatic rings. The SMILES string of the molecule is CNC(c1ccncc1OC)c1cccc2ccncc12. The Labute approximate surface area is 123 Å². The zero-order valence-electron chi connectivity index (χ0n) is 12.1. The van der Waals surface area contributed by atoms with Crippen LogP contribution in [0.25, 0.3) is 10.8 Å². The highest BCUT2D eigenvalue weighted by molar-refractivity contribution is 5.85. The summed E-state index contributed by atoms with van der Waals surface area (Å²) in [6.45, 7) is 0. The second-order valence-electron chi connectivity index (χ2n) is 4.78. The molecule has 0 saturated heterocycles. The lowest BCUT2D eigenvalue weighted by Crippen LogP contribution is -2.19. The largest absolute Gasteiger partial charge is 0.495 e. The number of methoxy groups -OCH3 is 1. The standard InChI is InChI=1S/C17H17N3O/c1-18-17(14-7-9-20-11-16(14)21-2)13-5-3-4-12-6-8-19-10-15(12)13/h3-11,17-18H,1-2H3. The summed E-state index contributed by atoms with van der Waals surface area (Å²) in [5, 5.41) is 5.68. The molecule has 1 N–H and O–H groups in total. The van der Waals surface area contributed by atoms with Gasteiger partial charge >= 0.3 is 0 Å². The van der Waals surface area contributed by atoms with Crippen LogP contribution in [0.2, 0.25) is 0 Å². The van der Waals surface area contributed by atoms with Crippen LogP contribution in [0.4, 0.5) is 0 Å². The van der Waals surface area contributed by atoms with Gasteiger partial charge < -0.3 is 10.1 Å². The first kappa shape index (κ1) is 13.5. The van der Waals surface area contributed by atoms with Gasteiger partial charge in [0.25, 0.3) is 0 Å². The molecule has 4 heteroatoms. The molecule has 0 fully saturated rings. The Morgan fingerprint density at radius 1 is 1.00 bits per heavy atom. The monoisotopic (exact) mass is 279 g/mol. The van der Waals surface area contributed by atoms with Crippen molar-refractivity contribution in [3.05, 3.63) is 66.2 Å². The van der Waals surface area contributed by atoms with Crippen molar-refractivity contribution >= 4 is 10.8 Å². The van der Waals surface area contributed by atoms with Crippen LogP contribution in [0.1, 0.15) is 17.2 Å². The van der Waals surface area contributed by atoms with Crippen LogP contribution in [0.15, 0.2) is 55.1 Å². The van der Waals surface area contributed by atoms with Gasteiger partial charge in [0.2, 0.25) is 0 Å². The van der Waals surface area contributed by atoms with E-state index in [1.165, 1.54) is 10.9 Å². The van der Waals surface area contributed by atoms with Crippen molar-refractivity contribution in [1.82, 2.24) is 15.3 Å². The lowest BCUT2D eigenvalue weighted by molar-refractivity contribution is 0.403. The molecule has 2 heterocycles. The predicted molar refractivity (Wildman–Crippen MR) is 83.4 cm³/mol. The lowest BCUT2D eigenvalue weighted by Gasteiger charge is -2.21. The van der Waals surface area contributed by atoms with Crippen molar-refractivity contribution in [2.24, 2.45) is 0 Å². The average Bonchev–Trinajstić information content (AvgIpc) is 2.56.